The molecule has 0 fully saturated rings. The Morgan fingerprint density at radius 1 is 0.949 bits per heavy atom. The summed E-state index contributed by atoms with van der Waals surface area (Å²) in [5, 5.41) is 5.52. The van der Waals surface area contributed by atoms with Crippen molar-refractivity contribution >= 4 is 62.6 Å². The van der Waals surface area contributed by atoms with Crippen LogP contribution in [-0.4, -0.2) is 31.7 Å². The van der Waals surface area contributed by atoms with Gasteiger partial charge in [0.2, 0.25) is 0 Å². The Kier molecular flexibility index (Phi) is 8.71. The number of hydrazone groups is 1. The number of nitrogens with zero attached hydrogens (tertiary/aromatic N) is 3. The van der Waals surface area contributed by atoms with E-state index in [1.54, 1.807) is 55.5 Å². The number of hydrogen-bond donors (Lipinski definition) is 1. The van der Waals surface area contributed by atoms with Crippen molar-refractivity contribution in [2.24, 2.45) is 5.10 Å². The first kappa shape index (κ1) is 28.7. The van der Waals surface area contributed by atoms with Gasteiger partial charge in [0.05, 0.1) is 27.5 Å². The van der Waals surface area contributed by atoms with Crippen LogP contribution in [0.2, 0.25) is 15.1 Å². The van der Waals surface area contributed by atoms with Gasteiger partial charge in [-0.15, -0.1) is 0 Å². The highest BCUT2D eigenvalue weighted by atomic mass is 35.5. The van der Waals surface area contributed by atoms with Gasteiger partial charge in [-0.25, -0.2) is 13.8 Å². The molecule has 3 aromatic carbocycles. The van der Waals surface area contributed by atoms with Crippen molar-refractivity contribution in [2.45, 2.75) is 25.7 Å². The molecule has 0 unspecified atom stereocenters. The SMILES string of the molecule is Cc1ccc(Cl)cc1N(CC(=O)N/N=C/c1cc(C)n(-c2cc(Cl)ccc2Cl)c1C)S(=O)(=O)c1ccccc1. The zero-order valence-corrected chi connectivity index (χ0v) is 24.4. The lowest BCUT2D eigenvalue weighted by Crippen LogP contribution is -2.40. The van der Waals surface area contributed by atoms with Gasteiger partial charge >= 0.3 is 0 Å². The number of anilines is 1. The van der Waals surface area contributed by atoms with Crippen molar-refractivity contribution < 1.29 is 13.2 Å². The summed E-state index contributed by atoms with van der Waals surface area (Å²) in [6, 6.07) is 19.9. The van der Waals surface area contributed by atoms with Crippen molar-refractivity contribution in [3.63, 3.8) is 0 Å². The third-order valence-corrected chi connectivity index (χ3v) is 8.63. The highest BCUT2D eigenvalue weighted by Crippen LogP contribution is 2.30. The lowest BCUT2D eigenvalue weighted by Gasteiger charge is -2.25. The minimum absolute atomic E-state index is 0.0489. The Morgan fingerprint density at radius 3 is 2.33 bits per heavy atom. The first-order valence-corrected chi connectivity index (χ1v) is 14.4. The molecule has 0 bridgehead atoms. The van der Waals surface area contributed by atoms with Crippen molar-refractivity contribution in [1.82, 2.24) is 9.99 Å². The molecule has 39 heavy (non-hydrogen) atoms. The number of rotatable bonds is 8. The van der Waals surface area contributed by atoms with Crippen LogP contribution in [0.15, 0.2) is 82.8 Å². The molecule has 1 amide bonds. The van der Waals surface area contributed by atoms with E-state index < -0.39 is 22.5 Å². The predicted molar refractivity (Wildman–Crippen MR) is 158 cm³/mol. The molecular weight excluding hydrogens is 579 g/mol. The maximum absolute atomic E-state index is 13.5. The van der Waals surface area contributed by atoms with E-state index in [2.05, 4.69) is 10.5 Å². The van der Waals surface area contributed by atoms with Crippen LogP contribution in [0.5, 0.6) is 0 Å². The van der Waals surface area contributed by atoms with E-state index in [4.69, 9.17) is 34.8 Å². The molecule has 11 heteroatoms. The first-order valence-electron chi connectivity index (χ1n) is 11.8. The number of carbonyl (C=O) groups excluding carboxylic acids is 1. The maximum atomic E-state index is 13.5. The third kappa shape index (κ3) is 6.31. The Hall–Kier alpha value is -3.30. The van der Waals surface area contributed by atoms with E-state index in [0.717, 1.165) is 26.9 Å². The molecule has 1 heterocycles. The molecule has 0 radical (unpaired) electrons. The molecule has 0 saturated carbocycles. The maximum Gasteiger partial charge on any atom is 0.264 e. The number of halogens is 3. The fraction of sp³-hybridized carbons (Fsp3) is 0.143. The van der Waals surface area contributed by atoms with Crippen molar-refractivity contribution in [1.29, 1.82) is 0 Å². The molecule has 4 rings (SSSR count). The average Bonchev–Trinajstić information content (AvgIpc) is 3.18. The first-order chi connectivity index (χ1) is 18.5. The van der Waals surface area contributed by atoms with Gasteiger partial charge in [0, 0.05) is 27.0 Å². The minimum Gasteiger partial charge on any atom is -0.316 e. The molecule has 4 aromatic rings. The van der Waals surface area contributed by atoms with Gasteiger partial charge in [0.15, 0.2) is 0 Å². The number of carbonyl (C=O) groups is 1. The highest BCUT2D eigenvalue weighted by molar-refractivity contribution is 7.92. The second-order valence-electron chi connectivity index (χ2n) is 8.81. The van der Waals surface area contributed by atoms with Gasteiger partial charge in [-0.1, -0.05) is 59.1 Å². The summed E-state index contributed by atoms with van der Waals surface area (Å²) in [7, 11) is -4.08. The fourth-order valence-electron chi connectivity index (χ4n) is 4.16. The molecule has 202 valence electrons. The van der Waals surface area contributed by atoms with Gasteiger partial charge in [-0.2, -0.15) is 5.10 Å². The zero-order chi connectivity index (χ0) is 28.3. The minimum atomic E-state index is -4.08. The topological polar surface area (TPSA) is 83.8 Å². The van der Waals surface area contributed by atoms with Crippen LogP contribution in [0.3, 0.4) is 0 Å². The van der Waals surface area contributed by atoms with Crippen LogP contribution in [0.4, 0.5) is 5.69 Å². The van der Waals surface area contributed by atoms with E-state index >= 15 is 0 Å². The van der Waals surface area contributed by atoms with Gasteiger partial charge in [-0.3, -0.25) is 9.10 Å². The summed E-state index contributed by atoms with van der Waals surface area (Å²) in [5.41, 5.74) is 6.56. The lowest BCUT2D eigenvalue weighted by molar-refractivity contribution is -0.119. The summed E-state index contributed by atoms with van der Waals surface area (Å²) in [5.74, 6) is -0.628. The van der Waals surface area contributed by atoms with Crippen LogP contribution < -0.4 is 9.73 Å². The smallest absolute Gasteiger partial charge is 0.264 e. The van der Waals surface area contributed by atoms with Gasteiger partial charge in [0.1, 0.15) is 6.54 Å². The van der Waals surface area contributed by atoms with E-state index in [1.807, 2.05) is 24.5 Å². The fourth-order valence-corrected chi connectivity index (χ4v) is 6.19. The number of hydrogen-bond acceptors (Lipinski definition) is 4. The summed E-state index contributed by atoms with van der Waals surface area (Å²) < 4.78 is 30.0. The number of sulfonamides is 1. The van der Waals surface area contributed by atoms with Crippen LogP contribution in [0.1, 0.15) is 22.5 Å². The number of aromatic nitrogens is 1. The van der Waals surface area contributed by atoms with Crippen LogP contribution in [0, 0.1) is 20.8 Å². The number of amides is 1. The highest BCUT2D eigenvalue weighted by Gasteiger charge is 2.28. The normalized spacial score (nSPS) is 11.6. The van der Waals surface area contributed by atoms with E-state index in [0.29, 0.717) is 26.3 Å². The van der Waals surface area contributed by atoms with Crippen LogP contribution >= 0.6 is 34.8 Å². The van der Waals surface area contributed by atoms with Crippen molar-refractivity contribution in [3.8, 4) is 5.69 Å². The van der Waals surface area contributed by atoms with E-state index in [1.165, 1.54) is 24.4 Å². The largest absolute Gasteiger partial charge is 0.316 e. The second kappa shape index (κ2) is 11.8. The summed E-state index contributed by atoms with van der Waals surface area (Å²) in [6.45, 7) is 5.05. The lowest BCUT2D eigenvalue weighted by atomic mass is 10.2. The molecule has 7 nitrogen and oxygen atoms in total. The van der Waals surface area contributed by atoms with Crippen molar-refractivity contribution in [2.75, 3.05) is 10.8 Å². The van der Waals surface area contributed by atoms with E-state index in [-0.39, 0.29) is 4.90 Å². The quantitative estimate of drug-likeness (QED) is 0.180. The third-order valence-electron chi connectivity index (χ3n) is 6.07. The van der Waals surface area contributed by atoms with Crippen molar-refractivity contribution in [3.05, 3.63) is 110 Å². The summed E-state index contributed by atoms with van der Waals surface area (Å²) in [6.07, 6.45) is 1.50. The number of benzene rings is 3. The predicted octanol–water partition coefficient (Wildman–Crippen LogP) is 6.71. The number of nitrogens with one attached hydrogen (secondary N) is 1. The van der Waals surface area contributed by atoms with Gasteiger partial charge in [-0.05, 0) is 74.9 Å². The Labute approximate surface area is 242 Å². The second-order valence-corrected chi connectivity index (χ2v) is 11.9. The molecule has 0 aliphatic rings. The average molecular weight is 604 g/mol. The van der Waals surface area contributed by atoms with Gasteiger partial charge in [0.25, 0.3) is 15.9 Å². The number of aryl methyl sites for hydroxylation is 2. The van der Waals surface area contributed by atoms with E-state index in [9.17, 15) is 13.2 Å². The molecule has 0 saturated heterocycles. The molecule has 1 N–H and O–H groups in total. The molecule has 0 aliphatic heterocycles. The molecule has 0 spiro atoms. The van der Waals surface area contributed by atoms with Crippen LogP contribution in [0.25, 0.3) is 5.69 Å². The molecule has 0 aliphatic carbocycles. The molecule has 0 atom stereocenters. The summed E-state index contributed by atoms with van der Waals surface area (Å²) in [4.78, 5) is 13.0. The summed E-state index contributed by atoms with van der Waals surface area (Å²) >= 11 is 18.7. The van der Waals surface area contributed by atoms with Gasteiger partial charge < -0.3 is 4.57 Å². The Morgan fingerprint density at radius 2 is 1.62 bits per heavy atom. The monoisotopic (exact) mass is 602 g/mol. The Bertz CT molecular complexity index is 1670. The molecule has 1 aromatic heterocycles. The Balaban J connectivity index is 1.59. The molecular formula is C28H25Cl3N4O3S. The zero-order valence-electron chi connectivity index (χ0n) is 21.3. The van der Waals surface area contributed by atoms with Crippen LogP contribution in [-0.2, 0) is 14.8 Å². The standard InChI is InChI=1S/C28H25Cl3N4O3S/c1-18-9-10-22(29)14-26(18)34(39(37,38)24-7-5-4-6-8-24)17-28(36)33-32-16-21-13-19(2)35(20(21)3)27-15-23(30)11-12-25(27)31/h4-16H,17H2,1-3H3,(H,33,36)/b32-16+.